The van der Waals surface area contributed by atoms with Crippen molar-refractivity contribution in [3.8, 4) is 5.75 Å². The maximum Gasteiger partial charge on any atom is 0.338 e. The third-order valence-electron chi connectivity index (χ3n) is 19.8. The van der Waals surface area contributed by atoms with Gasteiger partial charge in [0.15, 0.2) is 31.9 Å². The first kappa shape index (κ1) is 63.3. The summed E-state index contributed by atoms with van der Waals surface area (Å²) in [7, 11) is -4.40. The van der Waals surface area contributed by atoms with Crippen LogP contribution in [0.4, 0.5) is 0 Å². The molecule has 0 radical (unpaired) electrons. The lowest BCUT2D eigenvalue weighted by Crippen LogP contribution is -2.82. The number of rotatable bonds is 16. The van der Waals surface area contributed by atoms with Gasteiger partial charge < -0.3 is 47.7 Å². The number of benzene rings is 3. The van der Waals surface area contributed by atoms with E-state index in [0.29, 0.717) is 46.1 Å². The third-order valence-corrected chi connectivity index (χ3v) is 30.5. The van der Waals surface area contributed by atoms with Crippen LogP contribution in [-0.4, -0.2) is 119 Å². The van der Waals surface area contributed by atoms with Crippen molar-refractivity contribution in [1.29, 1.82) is 0 Å². The van der Waals surface area contributed by atoms with E-state index in [-0.39, 0.29) is 47.2 Å². The molecule has 11 atom stereocenters. The Morgan fingerprint density at radius 1 is 0.819 bits per heavy atom. The first-order valence-corrected chi connectivity index (χ1v) is 34.3. The fourth-order valence-electron chi connectivity index (χ4n) is 15.1. The molecule has 83 heavy (non-hydrogen) atoms. The highest BCUT2D eigenvalue weighted by atomic mass is 28.4. The van der Waals surface area contributed by atoms with E-state index in [1.54, 1.807) is 101 Å². The van der Waals surface area contributed by atoms with Crippen LogP contribution in [-0.2, 0) is 51.7 Å². The molecular formula is C65H87NO15Si2. The molecule has 3 aromatic rings. The van der Waals surface area contributed by atoms with Crippen LogP contribution in [0, 0.1) is 16.7 Å². The maximum absolute atomic E-state index is 16.9. The number of methoxy groups -OCH3 is 1. The van der Waals surface area contributed by atoms with Crippen molar-refractivity contribution in [2.24, 2.45) is 16.7 Å². The van der Waals surface area contributed by atoms with Gasteiger partial charge in [-0.2, -0.15) is 0 Å². The highest BCUT2D eigenvalue weighted by Crippen LogP contribution is 2.65. The number of nitrogens with one attached hydrogen (secondary N) is 1. The van der Waals surface area contributed by atoms with Gasteiger partial charge in [-0.05, 0) is 101 Å². The van der Waals surface area contributed by atoms with Gasteiger partial charge in [0.1, 0.15) is 29.7 Å². The number of carbonyl (C=O) groups is 6. The second-order valence-electron chi connectivity index (χ2n) is 25.2. The molecule has 18 heteroatoms. The number of aliphatic hydroxyl groups is 1. The normalized spacial score (nSPS) is 30.2. The van der Waals surface area contributed by atoms with Gasteiger partial charge in [0.25, 0.3) is 5.91 Å². The second-order valence-corrected chi connectivity index (χ2v) is 35.3. The standard InChI is InChI=1S/C65H87NO15Si2/c1-16-82(17-2,18-3)80-49-35-50-64(37-75-50)56-58(78-60(71)45-30-24-31-46(34-45)74-15)65(73)36-48(41(10)52(62(65,12)13)54(76-42(11)67)57(69)63(49,56)14)77-61(72)55(81-83(38(4)5,39(6)7)40(8)9)53(66-59(70)44-27-20-19-21-28-44)47-32-23-22-26-43(47)29-25-33-51(68)79-64/h19-32,34,38-40,48-50,53-56,58,73H,16-18,33,35-37H2,1-15H3,(H,66,70)/b29-25-. The Morgan fingerprint density at radius 3 is 2.04 bits per heavy atom. The molecule has 0 aromatic heterocycles. The maximum atomic E-state index is 16.9. The van der Waals surface area contributed by atoms with Crippen molar-refractivity contribution in [2.75, 3.05) is 13.7 Å². The summed E-state index contributed by atoms with van der Waals surface area (Å²) >= 11 is 0. The molecule has 3 aromatic carbocycles. The third kappa shape index (κ3) is 11.0. The predicted octanol–water partition coefficient (Wildman–Crippen LogP) is 11.4. The highest BCUT2D eigenvalue weighted by molar-refractivity contribution is 6.77. The van der Waals surface area contributed by atoms with E-state index in [9.17, 15) is 14.7 Å². The molecule has 16 nitrogen and oxygen atoms in total. The monoisotopic (exact) mass is 1180 g/mol. The number of ketones is 1. The average molecular weight is 1180 g/mol. The SMILES string of the molecule is CC[Si](CC)(CC)OC1CC2OCC23OC(=O)C/C=C\c2ccccc2C(NC(=O)c2ccccc2)C(O[Si](C(C)C)(C(C)C)C(C)C)C(=O)OC2CC4(O)C(OC(=O)c5cccc(OC)c5)C3C1(C)C(=O)C(OC(C)=O)C(=C2C)C4(C)C. The Balaban J connectivity index is 1.47. The zero-order chi connectivity index (χ0) is 60.8. The minimum atomic E-state index is -3.15. The molecule has 3 aliphatic carbocycles. The number of esters is 4. The summed E-state index contributed by atoms with van der Waals surface area (Å²) in [6.07, 6.45) is -5.87. The van der Waals surface area contributed by atoms with Crippen molar-refractivity contribution in [3.63, 3.8) is 0 Å². The molecule has 8 rings (SSSR count). The summed E-state index contributed by atoms with van der Waals surface area (Å²) in [5.41, 5.74) is -6.10. The van der Waals surface area contributed by atoms with E-state index in [1.165, 1.54) is 20.1 Å². The fraction of sp³-hybridized carbons (Fsp3) is 0.569. The van der Waals surface area contributed by atoms with E-state index >= 15 is 19.2 Å². The van der Waals surface area contributed by atoms with Crippen LogP contribution in [0.15, 0.2) is 96.1 Å². The van der Waals surface area contributed by atoms with Crippen molar-refractivity contribution in [3.05, 3.63) is 118 Å². The largest absolute Gasteiger partial charge is 0.497 e. The Hall–Kier alpha value is -5.77. The first-order chi connectivity index (χ1) is 39.2. The molecule has 2 aliphatic heterocycles. The number of amides is 1. The second kappa shape index (κ2) is 24.3. The molecule has 2 N–H and O–H groups in total. The molecule has 1 amide bonds. The van der Waals surface area contributed by atoms with Gasteiger partial charge >= 0.3 is 23.9 Å². The van der Waals surface area contributed by atoms with Crippen LogP contribution in [0.3, 0.4) is 0 Å². The highest BCUT2D eigenvalue weighted by Gasteiger charge is 2.79. The van der Waals surface area contributed by atoms with E-state index in [2.05, 4.69) is 67.6 Å². The quantitative estimate of drug-likeness (QED) is 0.0592. The average Bonchev–Trinajstić information content (AvgIpc) is 1.25. The number of fused-ring (bicyclic) bond motifs is 3. The van der Waals surface area contributed by atoms with Crippen LogP contribution in [0.2, 0.25) is 34.8 Å². The van der Waals surface area contributed by atoms with Crippen molar-refractivity contribution in [2.45, 2.75) is 205 Å². The van der Waals surface area contributed by atoms with Crippen LogP contribution in [0.5, 0.6) is 5.75 Å². The van der Waals surface area contributed by atoms with E-state index in [4.69, 9.17) is 37.3 Å². The topological polar surface area (TPSA) is 209 Å². The van der Waals surface area contributed by atoms with Crippen LogP contribution >= 0.6 is 0 Å². The fourth-order valence-corrected chi connectivity index (χ4v) is 23.5. The van der Waals surface area contributed by atoms with Crippen molar-refractivity contribution >= 4 is 58.3 Å². The van der Waals surface area contributed by atoms with Crippen LogP contribution < -0.4 is 10.1 Å². The molecule has 2 heterocycles. The van der Waals surface area contributed by atoms with Crippen LogP contribution in [0.1, 0.15) is 154 Å². The summed E-state index contributed by atoms with van der Waals surface area (Å²) in [5.74, 6) is -5.61. The molecule has 4 bridgehead atoms. The zero-order valence-corrected chi connectivity index (χ0v) is 53.1. The van der Waals surface area contributed by atoms with Gasteiger partial charge in [-0.15, -0.1) is 0 Å². The molecule has 5 aliphatic rings. The minimum Gasteiger partial charge on any atom is -0.497 e. The van der Waals surface area contributed by atoms with Gasteiger partial charge in [0.05, 0.1) is 49.2 Å². The Kier molecular flexibility index (Phi) is 18.5. The molecule has 11 unspecified atom stereocenters. The van der Waals surface area contributed by atoms with Gasteiger partial charge in [0, 0.05) is 30.7 Å². The summed E-state index contributed by atoms with van der Waals surface area (Å²) in [5, 5.41) is 17.9. The Bertz CT molecular complexity index is 2980. The lowest BCUT2D eigenvalue weighted by Gasteiger charge is -2.68. The number of carbonyl (C=O) groups excluding carboxylic acids is 6. The van der Waals surface area contributed by atoms with Crippen molar-refractivity contribution in [1.82, 2.24) is 5.32 Å². The Labute approximate surface area is 492 Å². The van der Waals surface area contributed by atoms with Crippen LogP contribution in [0.25, 0.3) is 6.08 Å². The zero-order valence-electron chi connectivity index (χ0n) is 51.1. The summed E-state index contributed by atoms with van der Waals surface area (Å²) in [6.45, 7) is 26.4. The van der Waals surface area contributed by atoms with E-state index in [0.717, 1.165) is 0 Å². The predicted molar refractivity (Wildman–Crippen MR) is 318 cm³/mol. The molecule has 2 saturated carbocycles. The van der Waals surface area contributed by atoms with E-state index < -0.39 is 129 Å². The Morgan fingerprint density at radius 2 is 1.45 bits per heavy atom. The molecule has 450 valence electrons. The summed E-state index contributed by atoms with van der Waals surface area (Å²) in [4.78, 5) is 92.2. The molecular weight excluding hydrogens is 1090 g/mol. The number of hydrogen-bond donors (Lipinski definition) is 2. The number of ether oxygens (including phenoxy) is 6. The lowest BCUT2D eigenvalue weighted by atomic mass is 9.44. The smallest absolute Gasteiger partial charge is 0.338 e. The first-order valence-electron chi connectivity index (χ1n) is 29.7. The van der Waals surface area contributed by atoms with Gasteiger partial charge in [0.2, 0.25) is 8.32 Å². The van der Waals surface area contributed by atoms with Gasteiger partial charge in [-0.3, -0.25) is 19.2 Å². The molecule has 1 spiro atoms. The lowest BCUT2D eigenvalue weighted by molar-refractivity contribution is -0.345. The molecule has 1 saturated heterocycles. The van der Waals surface area contributed by atoms with Crippen molar-refractivity contribution < 1.29 is 71.1 Å². The minimum absolute atomic E-state index is 0.0505. The van der Waals surface area contributed by atoms with Gasteiger partial charge in [-0.25, -0.2) is 9.59 Å². The number of hydrogen-bond acceptors (Lipinski definition) is 15. The summed E-state index contributed by atoms with van der Waals surface area (Å²) in [6, 6.07) is 23.0. The number of Topliss-reactive ketones (excluding diaryl/α,β-unsaturated/α-hetero) is 1. The van der Waals surface area contributed by atoms with E-state index in [1.807, 2.05) is 12.1 Å². The van der Waals surface area contributed by atoms with Gasteiger partial charge in [-0.1, -0.05) is 137 Å². The molecule has 3 fully saturated rings. The summed E-state index contributed by atoms with van der Waals surface area (Å²) < 4.78 is 54.2.